The van der Waals surface area contributed by atoms with Crippen molar-refractivity contribution in [1.82, 2.24) is 9.97 Å². The van der Waals surface area contributed by atoms with Crippen LogP contribution >= 0.6 is 11.6 Å². The topological polar surface area (TPSA) is 63.1 Å². The molecule has 1 aromatic rings. The van der Waals surface area contributed by atoms with Gasteiger partial charge in [0.2, 0.25) is 0 Å². The van der Waals surface area contributed by atoms with Gasteiger partial charge in [-0.15, -0.1) is 0 Å². The zero-order chi connectivity index (χ0) is 9.42. The second-order valence-electron chi connectivity index (χ2n) is 3.05. The van der Waals surface area contributed by atoms with Crippen LogP contribution in [-0.4, -0.2) is 21.0 Å². The number of carbonyl (C=O) groups is 1. The van der Waals surface area contributed by atoms with Gasteiger partial charge in [0.1, 0.15) is 5.15 Å². The molecule has 1 N–H and O–H groups in total. The average Bonchev–Trinajstić information content (AvgIpc) is 2.85. The van der Waals surface area contributed by atoms with Crippen LogP contribution in [0.5, 0.6) is 0 Å². The molecule has 1 saturated carbocycles. The van der Waals surface area contributed by atoms with Gasteiger partial charge in [0.05, 0.1) is 24.0 Å². The van der Waals surface area contributed by atoms with Gasteiger partial charge in [-0.1, -0.05) is 11.6 Å². The summed E-state index contributed by atoms with van der Waals surface area (Å²) in [5.74, 6) is -1.01. The van der Waals surface area contributed by atoms with E-state index in [4.69, 9.17) is 16.7 Å². The number of hydrogen-bond donors (Lipinski definition) is 1. The fraction of sp³-hybridized carbons (Fsp3) is 0.375. The minimum atomic E-state index is -0.762. The Kier molecular flexibility index (Phi) is 1.92. The molecule has 13 heavy (non-hydrogen) atoms. The normalized spacial score (nSPS) is 25.6. The first-order chi connectivity index (χ1) is 6.18. The Labute approximate surface area is 79.6 Å². The van der Waals surface area contributed by atoms with E-state index < -0.39 is 5.97 Å². The van der Waals surface area contributed by atoms with Crippen LogP contribution in [0.3, 0.4) is 0 Å². The lowest BCUT2D eigenvalue weighted by atomic mass is 10.2. The zero-order valence-corrected chi connectivity index (χ0v) is 7.40. The first-order valence-electron chi connectivity index (χ1n) is 3.88. The number of rotatable bonds is 2. The van der Waals surface area contributed by atoms with E-state index in [1.54, 1.807) is 0 Å². The molecule has 0 amide bonds. The van der Waals surface area contributed by atoms with Crippen molar-refractivity contribution in [2.75, 3.05) is 0 Å². The fourth-order valence-electron chi connectivity index (χ4n) is 1.31. The van der Waals surface area contributed by atoms with Crippen LogP contribution in [0.2, 0.25) is 5.15 Å². The van der Waals surface area contributed by atoms with E-state index in [1.165, 1.54) is 12.4 Å². The predicted octanol–water partition coefficient (Wildman–Crippen LogP) is 1.32. The monoisotopic (exact) mass is 198 g/mol. The molecule has 0 saturated heterocycles. The van der Waals surface area contributed by atoms with E-state index >= 15 is 0 Å². The molecule has 1 fully saturated rings. The molecule has 4 nitrogen and oxygen atoms in total. The van der Waals surface area contributed by atoms with Crippen molar-refractivity contribution < 1.29 is 9.90 Å². The van der Waals surface area contributed by atoms with Gasteiger partial charge in [0.15, 0.2) is 0 Å². The van der Waals surface area contributed by atoms with E-state index in [9.17, 15) is 4.79 Å². The van der Waals surface area contributed by atoms with Crippen LogP contribution in [0.15, 0.2) is 12.4 Å². The maximum Gasteiger partial charge on any atom is 0.307 e. The molecule has 68 valence electrons. The highest BCUT2D eigenvalue weighted by molar-refractivity contribution is 6.29. The highest BCUT2D eigenvalue weighted by Crippen LogP contribution is 2.46. The first kappa shape index (κ1) is 8.44. The fourth-order valence-corrected chi connectivity index (χ4v) is 1.41. The van der Waals surface area contributed by atoms with E-state index in [2.05, 4.69) is 9.97 Å². The molecular formula is C8H7ClN2O2. The average molecular weight is 199 g/mol. The minimum absolute atomic E-state index is 0.0299. The summed E-state index contributed by atoms with van der Waals surface area (Å²) in [5, 5.41) is 9.00. The van der Waals surface area contributed by atoms with Gasteiger partial charge in [0, 0.05) is 5.92 Å². The summed E-state index contributed by atoms with van der Waals surface area (Å²) in [6, 6.07) is 0. The summed E-state index contributed by atoms with van der Waals surface area (Å²) >= 11 is 5.55. The van der Waals surface area contributed by atoms with Crippen molar-refractivity contribution in [1.29, 1.82) is 0 Å². The third-order valence-electron chi connectivity index (χ3n) is 2.13. The lowest BCUT2D eigenvalue weighted by molar-refractivity contribution is -0.138. The molecule has 1 aliphatic rings. The second-order valence-corrected chi connectivity index (χ2v) is 3.44. The van der Waals surface area contributed by atoms with Gasteiger partial charge >= 0.3 is 5.97 Å². The van der Waals surface area contributed by atoms with E-state index in [0.717, 1.165) is 5.69 Å². The standard InChI is InChI=1S/C8H7ClN2O2/c9-7-3-10-6(2-11-7)4-1-5(4)8(12)13/h2-5H,1H2,(H,12,13)/t4-,5-/m1/s1. The zero-order valence-electron chi connectivity index (χ0n) is 6.64. The molecule has 0 unspecified atom stereocenters. The lowest BCUT2D eigenvalue weighted by Crippen LogP contribution is -2.00. The van der Waals surface area contributed by atoms with Crippen LogP contribution < -0.4 is 0 Å². The Morgan fingerprint density at radius 2 is 2.31 bits per heavy atom. The van der Waals surface area contributed by atoms with Crippen molar-refractivity contribution in [2.45, 2.75) is 12.3 Å². The van der Waals surface area contributed by atoms with Gasteiger partial charge < -0.3 is 5.11 Å². The van der Waals surface area contributed by atoms with Crippen molar-refractivity contribution in [2.24, 2.45) is 5.92 Å². The van der Waals surface area contributed by atoms with Crippen LogP contribution in [0, 0.1) is 5.92 Å². The summed E-state index contributed by atoms with van der Waals surface area (Å²) in [5.41, 5.74) is 0.719. The third-order valence-corrected chi connectivity index (χ3v) is 2.32. The Bertz CT molecular complexity index is 339. The highest BCUT2D eigenvalue weighted by Gasteiger charge is 2.45. The minimum Gasteiger partial charge on any atom is -0.481 e. The van der Waals surface area contributed by atoms with Crippen LogP contribution in [0.25, 0.3) is 0 Å². The second kappa shape index (κ2) is 2.96. The molecule has 0 radical (unpaired) electrons. The smallest absolute Gasteiger partial charge is 0.307 e. The van der Waals surface area contributed by atoms with E-state index in [1.807, 2.05) is 0 Å². The molecule has 5 heteroatoms. The molecule has 1 heterocycles. The Hall–Kier alpha value is -1.16. The summed E-state index contributed by atoms with van der Waals surface area (Å²) in [6.07, 6.45) is 3.63. The summed E-state index contributed by atoms with van der Waals surface area (Å²) in [7, 11) is 0. The van der Waals surface area contributed by atoms with Crippen molar-refractivity contribution >= 4 is 17.6 Å². The highest BCUT2D eigenvalue weighted by atomic mass is 35.5. The Morgan fingerprint density at radius 3 is 2.77 bits per heavy atom. The van der Waals surface area contributed by atoms with E-state index in [-0.39, 0.29) is 11.8 Å². The number of carboxylic acids is 1. The van der Waals surface area contributed by atoms with Gasteiger partial charge in [-0.25, -0.2) is 4.98 Å². The summed E-state index contributed by atoms with van der Waals surface area (Å²) in [6.45, 7) is 0. The van der Waals surface area contributed by atoms with E-state index in [0.29, 0.717) is 11.6 Å². The number of halogens is 1. The molecular weight excluding hydrogens is 192 g/mol. The van der Waals surface area contributed by atoms with Gasteiger partial charge in [-0.2, -0.15) is 0 Å². The van der Waals surface area contributed by atoms with Crippen molar-refractivity contribution in [3.8, 4) is 0 Å². The van der Waals surface area contributed by atoms with Gasteiger partial charge in [0.25, 0.3) is 0 Å². The Morgan fingerprint density at radius 1 is 1.54 bits per heavy atom. The molecule has 2 atom stereocenters. The quantitative estimate of drug-likeness (QED) is 0.779. The molecule has 0 spiro atoms. The number of carboxylic acid groups (broad SMARTS) is 1. The van der Waals surface area contributed by atoms with Gasteiger partial charge in [-0.3, -0.25) is 9.78 Å². The number of nitrogens with zero attached hydrogens (tertiary/aromatic N) is 2. The van der Waals surface area contributed by atoms with Crippen LogP contribution in [0.1, 0.15) is 18.0 Å². The van der Waals surface area contributed by atoms with Crippen LogP contribution in [0.4, 0.5) is 0 Å². The molecule has 1 aliphatic carbocycles. The predicted molar refractivity (Wildman–Crippen MR) is 45.5 cm³/mol. The molecule has 2 rings (SSSR count). The lowest BCUT2D eigenvalue weighted by Gasteiger charge is -1.95. The molecule has 0 bridgehead atoms. The number of hydrogen-bond acceptors (Lipinski definition) is 3. The third kappa shape index (κ3) is 1.62. The largest absolute Gasteiger partial charge is 0.481 e. The first-order valence-corrected chi connectivity index (χ1v) is 4.26. The summed E-state index contributed by atoms with van der Waals surface area (Å²) < 4.78 is 0. The summed E-state index contributed by atoms with van der Waals surface area (Å²) in [4.78, 5) is 18.4. The maximum absolute atomic E-state index is 10.5. The molecule has 1 aromatic heterocycles. The number of aliphatic carboxylic acids is 1. The maximum atomic E-state index is 10.5. The Balaban J connectivity index is 2.12. The van der Waals surface area contributed by atoms with Crippen LogP contribution in [-0.2, 0) is 4.79 Å². The SMILES string of the molecule is O=C(O)[C@@H]1C[C@H]1c1cnc(Cl)cn1. The molecule has 0 aliphatic heterocycles. The van der Waals surface area contributed by atoms with Crippen molar-refractivity contribution in [3.63, 3.8) is 0 Å². The van der Waals surface area contributed by atoms with Crippen molar-refractivity contribution in [3.05, 3.63) is 23.2 Å². The molecule has 0 aromatic carbocycles. The van der Waals surface area contributed by atoms with Gasteiger partial charge in [-0.05, 0) is 6.42 Å². The number of aromatic nitrogens is 2.